The van der Waals surface area contributed by atoms with Crippen molar-refractivity contribution in [3.8, 4) is 11.4 Å². The highest BCUT2D eigenvalue weighted by molar-refractivity contribution is 6.30. The average Bonchev–Trinajstić information content (AvgIpc) is 2.65. The Bertz CT molecular complexity index is 524. The van der Waals surface area contributed by atoms with Crippen LogP contribution in [0.3, 0.4) is 0 Å². The quantitative estimate of drug-likeness (QED) is 0.885. The zero-order valence-electron chi connectivity index (χ0n) is 8.05. The molecule has 16 heavy (non-hydrogen) atoms. The lowest BCUT2D eigenvalue weighted by atomic mass is 10.2. The number of carboxylic acids is 1. The van der Waals surface area contributed by atoms with E-state index in [0.29, 0.717) is 16.4 Å². The summed E-state index contributed by atoms with van der Waals surface area (Å²) in [7, 11) is 0. The van der Waals surface area contributed by atoms with Gasteiger partial charge in [-0.3, -0.25) is 4.79 Å². The molecule has 1 N–H and O–H groups in total. The first kappa shape index (κ1) is 10.6. The predicted molar refractivity (Wildman–Crippen MR) is 56.1 cm³/mol. The van der Waals surface area contributed by atoms with E-state index in [4.69, 9.17) is 21.2 Å². The molecular weight excluding hydrogens is 232 g/mol. The maximum Gasteiger partial charge on any atom is 0.312 e. The number of aromatic nitrogens is 2. The van der Waals surface area contributed by atoms with Crippen molar-refractivity contribution in [1.29, 1.82) is 0 Å². The van der Waals surface area contributed by atoms with E-state index in [1.807, 2.05) is 0 Å². The van der Waals surface area contributed by atoms with Gasteiger partial charge < -0.3 is 9.63 Å². The van der Waals surface area contributed by atoms with Gasteiger partial charge in [0.15, 0.2) is 0 Å². The van der Waals surface area contributed by atoms with E-state index >= 15 is 0 Å². The normalized spacial score (nSPS) is 10.3. The highest BCUT2D eigenvalue weighted by Gasteiger charge is 2.11. The Morgan fingerprint density at radius 2 is 2.31 bits per heavy atom. The molecule has 82 valence electrons. The molecule has 0 amide bonds. The smallest absolute Gasteiger partial charge is 0.312 e. The van der Waals surface area contributed by atoms with Crippen molar-refractivity contribution in [3.05, 3.63) is 35.2 Å². The number of rotatable bonds is 3. The average molecular weight is 239 g/mol. The minimum Gasteiger partial charge on any atom is -0.481 e. The van der Waals surface area contributed by atoms with Gasteiger partial charge in [0.2, 0.25) is 11.7 Å². The second-order valence-corrected chi connectivity index (χ2v) is 3.53. The van der Waals surface area contributed by atoms with Crippen LogP contribution in [0.15, 0.2) is 28.8 Å². The Labute approximate surface area is 95.7 Å². The minimum absolute atomic E-state index is 0.0717. The van der Waals surface area contributed by atoms with Crippen molar-refractivity contribution >= 4 is 17.6 Å². The molecule has 0 atom stereocenters. The zero-order valence-corrected chi connectivity index (χ0v) is 8.81. The van der Waals surface area contributed by atoms with E-state index in [2.05, 4.69) is 10.1 Å². The lowest BCUT2D eigenvalue weighted by molar-refractivity contribution is -0.136. The summed E-state index contributed by atoms with van der Waals surface area (Å²) >= 11 is 5.81. The lowest BCUT2D eigenvalue weighted by Crippen LogP contribution is -1.99. The Balaban J connectivity index is 2.28. The van der Waals surface area contributed by atoms with E-state index in [1.165, 1.54) is 0 Å². The third-order valence-electron chi connectivity index (χ3n) is 1.85. The summed E-state index contributed by atoms with van der Waals surface area (Å²) in [5.41, 5.74) is 0.688. The SMILES string of the molecule is O=C(O)Cc1nc(-c2cccc(Cl)c2)no1. The summed E-state index contributed by atoms with van der Waals surface area (Å²) in [6, 6.07) is 6.92. The molecule has 0 aliphatic carbocycles. The summed E-state index contributed by atoms with van der Waals surface area (Å²) in [4.78, 5) is 14.4. The van der Waals surface area contributed by atoms with Gasteiger partial charge in [-0.05, 0) is 12.1 Å². The van der Waals surface area contributed by atoms with Crippen molar-refractivity contribution in [1.82, 2.24) is 10.1 Å². The summed E-state index contributed by atoms with van der Waals surface area (Å²) in [6.07, 6.45) is -0.284. The molecule has 1 aromatic carbocycles. The number of carbonyl (C=O) groups is 1. The number of carboxylic acid groups (broad SMARTS) is 1. The van der Waals surface area contributed by atoms with E-state index in [-0.39, 0.29) is 12.3 Å². The number of nitrogens with zero attached hydrogens (tertiary/aromatic N) is 2. The topological polar surface area (TPSA) is 76.2 Å². The molecule has 0 bridgehead atoms. The van der Waals surface area contributed by atoms with Gasteiger partial charge in [-0.2, -0.15) is 4.98 Å². The fraction of sp³-hybridized carbons (Fsp3) is 0.100. The lowest BCUT2D eigenvalue weighted by Gasteiger charge is -1.93. The van der Waals surface area contributed by atoms with Gasteiger partial charge in [0, 0.05) is 10.6 Å². The standard InChI is InChI=1S/C10H7ClN2O3/c11-7-3-1-2-6(4-7)10-12-8(16-13-10)5-9(14)15/h1-4H,5H2,(H,14,15). The van der Waals surface area contributed by atoms with Gasteiger partial charge in [0.1, 0.15) is 6.42 Å². The molecule has 5 nitrogen and oxygen atoms in total. The maximum atomic E-state index is 10.4. The van der Waals surface area contributed by atoms with Crippen LogP contribution in [0, 0.1) is 0 Å². The van der Waals surface area contributed by atoms with Gasteiger partial charge in [-0.25, -0.2) is 0 Å². The molecule has 0 radical (unpaired) electrons. The molecule has 0 saturated heterocycles. The molecule has 1 heterocycles. The van der Waals surface area contributed by atoms with E-state index in [9.17, 15) is 4.79 Å². The van der Waals surface area contributed by atoms with Crippen LogP contribution in [-0.2, 0) is 11.2 Å². The monoisotopic (exact) mass is 238 g/mol. The highest BCUT2D eigenvalue weighted by atomic mass is 35.5. The summed E-state index contributed by atoms with van der Waals surface area (Å²) in [6.45, 7) is 0. The van der Waals surface area contributed by atoms with Crippen LogP contribution < -0.4 is 0 Å². The van der Waals surface area contributed by atoms with Crippen LogP contribution in [0.5, 0.6) is 0 Å². The Morgan fingerprint density at radius 3 is 3.00 bits per heavy atom. The van der Waals surface area contributed by atoms with Crippen molar-refractivity contribution in [2.45, 2.75) is 6.42 Å². The van der Waals surface area contributed by atoms with Crippen LogP contribution in [0.4, 0.5) is 0 Å². The summed E-state index contributed by atoms with van der Waals surface area (Å²) in [5, 5.41) is 12.8. The molecule has 0 aliphatic rings. The molecule has 0 aliphatic heterocycles. The first-order valence-electron chi connectivity index (χ1n) is 4.45. The van der Waals surface area contributed by atoms with Crippen LogP contribution in [0.2, 0.25) is 5.02 Å². The highest BCUT2D eigenvalue weighted by Crippen LogP contribution is 2.19. The van der Waals surface area contributed by atoms with Gasteiger partial charge in [-0.15, -0.1) is 0 Å². The second kappa shape index (κ2) is 4.32. The zero-order chi connectivity index (χ0) is 11.5. The minimum atomic E-state index is -1.01. The third kappa shape index (κ3) is 2.38. The molecule has 6 heteroatoms. The Kier molecular flexibility index (Phi) is 2.87. The van der Waals surface area contributed by atoms with Crippen LogP contribution in [0.1, 0.15) is 5.89 Å². The number of benzene rings is 1. The Morgan fingerprint density at radius 1 is 1.50 bits per heavy atom. The van der Waals surface area contributed by atoms with E-state index in [0.717, 1.165) is 0 Å². The van der Waals surface area contributed by atoms with Crippen molar-refractivity contribution in [2.75, 3.05) is 0 Å². The molecule has 0 saturated carbocycles. The Hall–Kier alpha value is -1.88. The van der Waals surface area contributed by atoms with Crippen LogP contribution in [-0.4, -0.2) is 21.2 Å². The van der Waals surface area contributed by atoms with Gasteiger partial charge >= 0.3 is 5.97 Å². The number of aliphatic carboxylic acids is 1. The van der Waals surface area contributed by atoms with Gasteiger partial charge in [-0.1, -0.05) is 28.9 Å². The second-order valence-electron chi connectivity index (χ2n) is 3.09. The molecule has 0 unspecified atom stereocenters. The van der Waals surface area contributed by atoms with Crippen molar-refractivity contribution < 1.29 is 14.4 Å². The summed E-state index contributed by atoms with van der Waals surface area (Å²) in [5.74, 6) is -0.609. The van der Waals surface area contributed by atoms with Crippen LogP contribution in [0.25, 0.3) is 11.4 Å². The number of halogens is 1. The van der Waals surface area contributed by atoms with Crippen molar-refractivity contribution in [2.24, 2.45) is 0 Å². The van der Waals surface area contributed by atoms with Crippen molar-refractivity contribution in [3.63, 3.8) is 0 Å². The predicted octanol–water partition coefficient (Wildman–Crippen LogP) is 2.02. The number of hydrogen-bond acceptors (Lipinski definition) is 4. The van der Waals surface area contributed by atoms with E-state index in [1.54, 1.807) is 24.3 Å². The largest absolute Gasteiger partial charge is 0.481 e. The first-order valence-corrected chi connectivity index (χ1v) is 4.83. The first-order chi connectivity index (χ1) is 7.65. The fourth-order valence-electron chi connectivity index (χ4n) is 1.20. The van der Waals surface area contributed by atoms with E-state index < -0.39 is 5.97 Å². The summed E-state index contributed by atoms with van der Waals surface area (Å²) < 4.78 is 4.78. The molecule has 0 spiro atoms. The fourth-order valence-corrected chi connectivity index (χ4v) is 1.39. The molecule has 2 rings (SSSR count). The van der Waals surface area contributed by atoms with Crippen LogP contribution >= 0.6 is 11.6 Å². The number of hydrogen-bond donors (Lipinski definition) is 1. The van der Waals surface area contributed by atoms with Gasteiger partial charge in [0.25, 0.3) is 0 Å². The maximum absolute atomic E-state index is 10.4. The third-order valence-corrected chi connectivity index (χ3v) is 2.09. The molecule has 2 aromatic rings. The molecular formula is C10H7ClN2O3. The van der Waals surface area contributed by atoms with Gasteiger partial charge in [0.05, 0.1) is 0 Å². The molecule has 0 fully saturated rings. The molecule has 1 aromatic heterocycles.